The maximum Gasteiger partial charge on any atom is 0.251 e. The van der Waals surface area contributed by atoms with Crippen LogP contribution in [0.5, 0.6) is 0 Å². The number of thiazole rings is 1. The van der Waals surface area contributed by atoms with E-state index in [2.05, 4.69) is 15.0 Å². The normalized spacial score (nSPS) is 15.8. The molecule has 0 spiro atoms. The summed E-state index contributed by atoms with van der Waals surface area (Å²) >= 11 is 1.48. The predicted octanol–water partition coefficient (Wildman–Crippen LogP) is 2.38. The summed E-state index contributed by atoms with van der Waals surface area (Å²) in [6, 6.07) is 3.10. The summed E-state index contributed by atoms with van der Waals surface area (Å²) in [5.41, 5.74) is 0.984. The molecule has 1 aliphatic rings. The Hall–Kier alpha value is -1.84. The monoisotopic (exact) mass is 383 g/mol. The van der Waals surface area contributed by atoms with Gasteiger partial charge in [-0.1, -0.05) is 0 Å². The summed E-state index contributed by atoms with van der Waals surface area (Å²) in [5, 5.41) is 5.67. The first-order chi connectivity index (χ1) is 11.8. The number of carbonyl (C=O) groups excluding carboxylic acids is 1. The number of carbonyl (C=O) groups is 1. The number of benzene rings is 1. The second-order valence-corrected chi connectivity index (χ2v) is 8.71. The number of aromatic nitrogens is 1. The molecule has 1 saturated carbocycles. The zero-order chi connectivity index (χ0) is 18.2. The topological polar surface area (TPSA) is 88.2 Å². The number of hydrogen-bond acceptors (Lipinski definition) is 5. The van der Waals surface area contributed by atoms with Crippen LogP contribution in [-0.4, -0.2) is 26.4 Å². The van der Waals surface area contributed by atoms with Crippen molar-refractivity contribution in [3.63, 3.8) is 0 Å². The molecule has 1 aromatic heterocycles. The van der Waals surface area contributed by atoms with Crippen LogP contribution in [-0.2, 0) is 10.0 Å². The van der Waals surface area contributed by atoms with Crippen molar-refractivity contribution in [2.45, 2.75) is 30.7 Å². The van der Waals surface area contributed by atoms with Crippen molar-refractivity contribution in [2.24, 2.45) is 5.92 Å². The van der Waals surface area contributed by atoms with E-state index in [4.69, 9.17) is 0 Å². The van der Waals surface area contributed by atoms with Crippen LogP contribution in [0.4, 0.5) is 4.39 Å². The minimum atomic E-state index is -3.98. The highest BCUT2D eigenvalue weighted by molar-refractivity contribution is 7.89. The van der Waals surface area contributed by atoms with E-state index < -0.39 is 26.6 Å². The molecule has 9 heteroatoms. The van der Waals surface area contributed by atoms with Crippen LogP contribution < -0.4 is 10.0 Å². The van der Waals surface area contributed by atoms with Gasteiger partial charge in [-0.05, 0) is 50.9 Å². The third-order valence-electron chi connectivity index (χ3n) is 4.03. The van der Waals surface area contributed by atoms with E-state index in [1.807, 2.05) is 12.3 Å². The van der Waals surface area contributed by atoms with Gasteiger partial charge in [0.1, 0.15) is 15.7 Å². The van der Waals surface area contributed by atoms with E-state index >= 15 is 0 Å². The molecule has 0 radical (unpaired) electrons. The van der Waals surface area contributed by atoms with Gasteiger partial charge in [-0.2, -0.15) is 0 Å². The van der Waals surface area contributed by atoms with E-state index in [9.17, 15) is 17.6 Å². The lowest BCUT2D eigenvalue weighted by atomic mass is 10.1. The largest absolute Gasteiger partial charge is 0.343 e. The van der Waals surface area contributed by atoms with Crippen LogP contribution in [0.15, 0.2) is 28.5 Å². The van der Waals surface area contributed by atoms with Gasteiger partial charge >= 0.3 is 0 Å². The van der Waals surface area contributed by atoms with Crippen molar-refractivity contribution in [1.29, 1.82) is 0 Å². The molecule has 0 saturated heterocycles. The van der Waals surface area contributed by atoms with Gasteiger partial charge < -0.3 is 5.32 Å². The predicted molar refractivity (Wildman–Crippen MR) is 92.4 cm³/mol. The summed E-state index contributed by atoms with van der Waals surface area (Å²) in [6.07, 6.45) is 2.01. The standard InChI is InChI=1S/C16H18FN3O3S2/c1-9-8-24-16(19-9)14(10-3-4-10)20-15(21)11-5-6-12(17)13(7-11)25(22,23)18-2/h5-8,10,14,18H,3-4H2,1-2H3,(H,20,21). The van der Waals surface area contributed by atoms with Gasteiger partial charge in [0.05, 0.1) is 6.04 Å². The minimum Gasteiger partial charge on any atom is -0.343 e. The third kappa shape index (κ3) is 3.88. The smallest absolute Gasteiger partial charge is 0.251 e. The first kappa shape index (κ1) is 18.0. The number of nitrogens with one attached hydrogen (secondary N) is 2. The highest BCUT2D eigenvalue weighted by atomic mass is 32.2. The molecule has 25 heavy (non-hydrogen) atoms. The number of nitrogens with zero attached hydrogens (tertiary/aromatic N) is 1. The van der Waals surface area contributed by atoms with Gasteiger partial charge in [0.25, 0.3) is 5.91 Å². The maximum absolute atomic E-state index is 13.8. The quantitative estimate of drug-likeness (QED) is 0.802. The number of rotatable bonds is 6. The van der Waals surface area contributed by atoms with E-state index in [0.29, 0.717) is 5.92 Å². The molecule has 2 N–H and O–H groups in total. The molecular weight excluding hydrogens is 365 g/mol. The molecule has 1 aromatic carbocycles. The van der Waals surface area contributed by atoms with Crippen LogP contribution in [0.2, 0.25) is 0 Å². The Kier molecular flexibility index (Phi) is 4.90. The van der Waals surface area contributed by atoms with E-state index in [1.165, 1.54) is 24.5 Å². The lowest BCUT2D eigenvalue weighted by Crippen LogP contribution is -2.30. The van der Waals surface area contributed by atoms with Crippen LogP contribution >= 0.6 is 11.3 Å². The molecular formula is C16H18FN3O3S2. The molecule has 134 valence electrons. The molecule has 1 heterocycles. The van der Waals surface area contributed by atoms with Gasteiger partial charge in [-0.25, -0.2) is 22.5 Å². The lowest BCUT2D eigenvalue weighted by Gasteiger charge is -2.16. The van der Waals surface area contributed by atoms with E-state index in [1.54, 1.807) is 0 Å². The van der Waals surface area contributed by atoms with Crippen LogP contribution in [0, 0.1) is 18.7 Å². The van der Waals surface area contributed by atoms with E-state index in [0.717, 1.165) is 35.7 Å². The second-order valence-electron chi connectivity index (χ2n) is 5.97. The first-order valence-electron chi connectivity index (χ1n) is 7.78. The number of sulfonamides is 1. The molecule has 0 bridgehead atoms. The molecule has 1 unspecified atom stereocenters. The molecule has 6 nitrogen and oxygen atoms in total. The fourth-order valence-corrected chi connectivity index (χ4v) is 4.28. The maximum atomic E-state index is 13.8. The van der Waals surface area contributed by atoms with Crippen molar-refractivity contribution >= 4 is 27.3 Å². The first-order valence-corrected chi connectivity index (χ1v) is 10.1. The average molecular weight is 383 g/mol. The molecule has 2 aromatic rings. The van der Waals surface area contributed by atoms with Crippen LogP contribution in [0.1, 0.15) is 39.9 Å². The summed E-state index contributed by atoms with van der Waals surface area (Å²) in [7, 11) is -2.79. The van der Waals surface area contributed by atoms with Crippen molar-refractivity contribution in [3.8, 4) is 0 Å². The average Bonchev–Trinajstić information content (AvgIpc) is 3.33. The number of aryl methyl sites for hydroxylation is 1. The Morgan fingerprint density at radius 2 is 2.12 bits per heavy atom. The highest BCUT2D eigenvalue weighted by Crippen LogP contribution is 2.42. The Balaban J connectivity index is 1.86. The third-order valence-corrected chi connectivity index (χ3v) is 6.51. The molecule has 1 fully saturated rings. The number of hydrogen-bond donors (Lipinski definition) is 2. The Morgan fingerprint density at radius 1 is 1.40 bits per heavy atom. The van der Waals surface area contributed by atoms with Crippen LogP contribution in [0.3, 0.4) is 0 Å². The van der Waals surface area contributed by atoms with Crippen molar-refractivity contribution in [2.75, 3.05) is 7.05 Å². The van der Waals surface area contributed by atoms with Crippen LogP contribution in [0.25, 0.3) is 0 Å². The minimum absolute atomic E-state index is 0.0918. The molecule has 1 amide bonds. The number of halogens is 1. The Morgan fingerprint density at radius 3 is 2.68 bits per heavy atom. The van der Waals surface area contributed by atoms with E-state index in [-0.39, 0.29) is 11.6 Å². The Labute approximate surface area is 149 Å². The molecule has 0 aliphatic heterocycles. The molecule has 3 rings (SSSR count). The fraction of sp³-hybridized carbons (Fsp3) is 0.375. The lowest BCUT2D eigenvalue weighted by molar-refractivity contribution is 0.0931. The zero-order valence-electron chi connectivity index (χ0n) is 13.7. The van der Waals surface area contributed by atoms with Gasteiger partial charge in [0, 0.05) is 16.6 Å². The Bertz CT molecular complexity index is 907. The van der Waals surface area contributed by atoms with Gasteiger partial charge in [-0.15, -0.1) is 11.3 Å². The fourth-order valence-electron chi connectivity index (χ4n) is 2.51. The van der Waals surface area contributed by atoms with Crippen molar-refractivity contribution in [1.82, 2.24) is 15.0 Å². The SMILES string of the molecule is CNS(=O)(=O)c1cc(C(=O)NC(c2nc(C)cs2)C2CC2)ccc1F. The summed E-state index contributed by atoms with van der Waals surface area (Å²) < 4.78 is 39.6. The second kappa shape index (κ2) is 6.81. The summed E-state index contributed by atoms with van der Waals surface area (Å²) in [4.78, 5) is 16.5. The number of amides is 1. The van der Waals surface area contributed by atoms with Gasteiger partial charge in [0.2, 0.25) is 10.0 Å². The summed E-state index contributed by atoms with van der Waals surface area (Å²) in [6.45, 7) is 1.89. The van der Waals surface area contributed by atoms with Crippen molar-refractivity contribution < 1.29 is 17.6 Å². The summed E-state index contributed by atoms with van der Waals surface area (Å²) in [5.74, 6) is -1.02. The molecule has 1 aliphatic carbocycles. The molecule has 1 atom stereocenters. The zero-order valence-corrected chi connectivity index (χ0v) is 15.4. The highest BCUT2D eigenvalue weighted by Gasteiger charge is 2.35. The van der Waals surface area contributed by atoms with Gasteiger partial charge in [-0.3, -0.25) is 4.79 Å². The van der Waals surface area contributed by atoms with Gasteiger partial charge in [0.15, 0.2) is 0 Å². The van der Waals surface area contributed by atoms with Crippen molar-refractivity contribution in [3.05, 3.63) is 45.7 Å².